The van der Waals surface area contributed by atoms with E-state index in [0.717, 1.165) is 25.9 Å². The number of hydrogen-bond donors (Lipinski definition) is 2. The summed E-state index contributed by atoms with van der Waals surface area (Å²) in [6, 6.07) is -0.258. The molecule has 0 aliphatic carbocycles. The van der Waals surface area contributed by atoms with Gasteiger partial charge >= 0.3 is 6.09 Å². The van der Waals surface area contributed by atoms with E-state index in [0.29, 0.717) is 12.5 Å². The molecule has 0 unspecified atom stereocenters. The molecule has 0 aromatic carbocycles. The number of ether oxygens (including phenoxy) is 2. The van der Waals surface area contributed by atoms with Crippen LogP contribution in [0.1, 0.15) is 40.0 Å². The van der Waals surface area contributed by atoms with E-state index >= 15 is 0 Å². The van der Waals surface area contributed by atoms with E-state index in [2.05, 4.69) is 5.32 Å². The van der Waals surface area contributed by atoms with E-state index in [-0.39, 0.29) is 12.6 Å². The Morgan fingerprint density at radius 2 is 2.28 bits per heavy atom. The van der Waals surface area contributed by atoms with Crippen molar-refractivity contribution in [2.24, 2.45) is 5.92 Å². The van der Waals surface area contributed by atoms with Gasteiger partial charge in [0, 0.05) is 13.2 Å². The summed E-state index contributed by atoms with van der Waals surface area (Å²) in [5, 5.41) is 12.0. The Hall–Kier alpha value is -0.810. The van der Waals surface area contributed by atoms with Crippen LogP contribution >= 0.6 is 0 Å². The van der Waals surface area contributed by atoms with Crippen LogP contribution in [-0.4, -0.2) is 42.7 Å². The molecular formula is C13H25NO4. The van der Waals surface area contributed by atoms with E-state index in [1.54, 1.807) is 0 Å². The first-order chi connectivity index (χ1) is 8.40. The first-order valence-corrected chi connectivity index (χ1v) is 6.59. The lowest BCUT2D eigenvalue weighted by Crippen LogP contribution is -2.42. The van der Waals surface area contributed by atoms with Gasteiger partial charge in [0.25, 0.3) is 0 Å². The molecule has 1 heterocycles. The number of carbonyl (C=O) groups excluding carboxylic acids is 1. The number of alkyl carbamates (subject to hydrolysis) is 1. The molecule has 1 fully saturated rings. The maximum absolute atomic E-state index is 11.6. The summed E-state index contributed by atoms with van der Waals surface area (Å²) >= 11 is 0. The lowest BCUT2D eigenvalue weighted by Gasteiger charge is -2.27. The molecule has 0 bridgehead atoms. The summed E-state index contributed by atoms with van der Waals surface area (Å²) in [5.74, 6) is 0.408. The molecule has 0 aromatic heterocycles. The van der Waals surface area contributed by atoms with Crippen LogP contribution in [-0.2, 0) is 9.47 Å². The largest absolute Gasteiger partial charge is 0.444 e. The van der Waals surface area contributed by atoms with Gasteiger partial charge in [-0.15, -0.1) is 0 Å². The predicted octanol–water partition coefficient (Wildman–Crippen LogP) is 1.69. The van der Waals surface area contributed by atoms with Crippen molar-refractivity contribution >= 4 is 6.09 Å². The van der Waals surface area contributed by atoms with Crippen LogP contribution in [0.15, 0.2) is 0 Å². The molecule has 106 valence electrons. The zero-order chi connectivity index (χ0) is 13.6. The Balaban J connectivity index is 2.34. The highest BCUT2D eigenvalue weighted by Crippen LogP contribution is 2.19. The quantitative estimate of drug-likeness (QED) is 0.806. The van der Waals surface area contributed by atoms with E-state index in [4.69, 9.17) is 9.47 Å². The fourth-order valence-corrected chi connectivity index (χ4v) is 2.05. The standard InChI is InChI=1S/C13H25NO4/c1-13(2,3)18-12(16)14-11(8-15)7-10-5-4-6-17-9-10/h10-11,15H,4-9H2,1-3H3,(H,14,16)/t10-,11+/m0/s1. The molecule has 2 N–H and O–H groups in total. The Bertz CT molecular complexity index is 256. The molecule has 0 spiro atoms. The van der Waals surface area contributed by atoms with Crippen molar-refractivity contribution in [2.75, 3.05) is 19.8 Å². The number of rotatable bonds is 4. The molecule has 1 aliphatic rings. The van der Waals surface area contributed by atoms with E-state index < -0.39 is 11.7 Å². The maximum atomic E-state index is 11.6. The Kier molecular flexibility index (Phi) is 5.88. The van der Waals surface area contributed by atoms with E-state index in [1.807, 2.05) is 20.8 Å². The molecule has 0 radical (unpaired) electrons. The normalized spacial score (nSPS) is 22.3. The predicted molar refractivity (Wildman–Crippen MR) is 68.4 cm³/mol. The second kappa shape index (κ2) is 6.95. The van der Waals surface area contributed by atoms with Gasteiger partial charge < -0.3 is 19.9 Å². The van der Waals surface area contributed by atoms with Gasteiger partial charge in [-0.1, -0.05) is 0 Å². The van der Waals surface area contributed by atoms with E-state index in [9.17, 15) is 9.90 Å². The lowest BCUT2D eigenvalue weighted by atomic mass is 9.95. The first-order valence-electron chi connectivity index (χ1n) is 6.59. The third-order valence-corrected chi connectivity index (χ3v) is 2.81. The minimum atomic E-state index is -0.516. The van der Waals surface area contributed by atoms with Crippen molar-refractivity contribution < 1.29 is 19.4 Å². The average molecular weight is 259 g/mol. The molecule has 5 heteroatoms. The van der Waals surface area contributed by atoms with Crippen LogP contribution < -0.4 is 5.32 Å². The Morgan fingerprint density at radius 1 is 1.56 bits per heavy atom. The zero-order valence-corrected chi connectivity index (χ0v) is 11.6. The van der Waals surface area contributed by atoms with Crippen LogP contribution in [0.3, 0.4) is 0 Å². The summed E-state index contributed by atoms with van der Waals surface area (Å²) in [7, 11) is 0. The second-order valence-corrected chi connectivity index (χ2v) is 5.84. The summed E-state index contributed by atoms with van der Waals surface area (Å²) in [6.45, 7) is 6.91. The smallest absolute Gasteiger partial charge is 0.407 e. The van der Waals surface area contributed by atoms with Crippen LogP contribution in [0.4, 0.5) is 4.79 Å². The molecular weight excluding hydrogens is 234 g/mol. The van der Waals surface area contributed by atoms with Gasteiger partial charge in [0.05, 0.1) is 12.6 Å². The monoisotopic (exact) mass is 259 g/mol. The van der Waals surface area contributed by atoms with Crippen molar-refractivity contribution in [3.8, 4) is 0 Å². The van der Waals surface area contributed by atoms with Gasteiger partial charge in [-0.2, -0.15) is 0 Å². The third kappa shape index (κ3) is 6.21. The average Bonchev–Trinajstić information content (AvgIpc) is 2.27. The third-order valence-electron chi connectivity index (χ3n) is 2.81. The molecule has 1 aliphatic heterocycles. The minimum Gasteiger partial charge on any atom is -0.444 e. The number of nitrogens with one attached hydrogen (secondary N) is 1. The fraction of sp³-hybridized carbons (Fsp3) is 0.923. The van der Waals surface area contributed by atoms with Crippen LogP contribution in [0.25, 0.3) is 0 Å². The number of carbonyl (C=O) groups is 1. The molecule has 1 saturated heterocycles. The Morgan fingerprint density at radius 3 is 2.78 bits per heavy atom. The zero-order valence-electron chi connectivity index (χ0n) is 11.6. The molecule has 0 aromatic rings. The highest BCUT2D eigenvalue weighted by molar-refractivity contribution is 5.68. The number of aliphatic hydroxyl groups excluding tert-OH is 1. The SMILES string of the molecule is CC(C)(C)OC(=O)N[C@@H](CO)C[C@@H]1CCCOC1. The van der Waals surface area contributed by atoms with Crippen molar-refractivity contribution in [1.29, 1.82) is 0 Å². The van der Waals surface area contributed by atoms with Crippen LogP contribution in [0.2, 0.25) is 0 Å². The lowest BCUT2D eigenvalue weighted by molar-refractivity contribution is 0.0343. The molecule has 1 amide bonds. The van der Waals surface area contributed by atoms with Crippen molar-refractivity contribution in [1.82, 2.24) is 5.32 Å². The summed E-state index contributed by atoms with van der Waals surface area (Å²) in [5.41, 5.74) is -0.516. The number of hydrogen-bond acceptors (Lipinski definition) is 4. The van der Waals surface area contributed by atoms with Crippen molar-refractivity contribution in [2.45, 2.75) is 51.7 Å². The minimum absolute atomic E-state index is 0.0737. The highest BCUT2D eigenvalue weighted by atomic mass is 16.6. The van der Waals surface area contributed by atoms with Crippen LogP contribution in [0, 0.1) is 5.92 Å². The Labute approximate surface area is 109 Å². The van der Waals surface area contributed by atoms with E-state index in [1.165, 1.54) is 0 Å². The number of amides is 1. The number of aliphatic hydroxyl groups is 1. The summed E-state index contributed by atoms with van der Waals surface area (Å²) in [4.78, 5) is 11.6. The summed E-state index contributed by atoms with van der Waals surface area (Å²) in [6.07, 6.45) is 2.40. The van der Waals surface area contributed by atoms with Gasteiger partial charge in [-0.25, -0.2) is 4.79 Å². The maximum Gasteiger partial charge on any atom is 0.407 e. The molecule has 0 saturated carbocycles. The van der Waals surface area contributed by atoms with Crippen molar-refractivity contribution in [3.05, 3.63) is 0 Å². The van der Waals surface area contributed by atoms with Gasteiger partial charge in [-0.05, 0) is 46.0 Å². The topological polar surface area (TPSA) is 67.8 Å². The van der Waals surface area contributed by atoms with Gasteiger partial charge in [0.2, 0.25) is 0 Å². The fourth-order valence-electron chi connectivity index (χ4n) is 2.05. The highest BCUT2D eigenvalue weighted by Gasteiger charge is 2.23. The second-order valence-electron chi connectivity index (χ2n) is 5.84. The first kappa shape index (κ1) is 15.2. The van der Waals surface area contributed by atoms with Gasteiger partial charge in [0.1, 0.15) is 5.60 Å². The molecule has 1 rings (SSSR count). The molecule has 5 nitrogen and oxygen atoms in total. The summed E-state index contributed by atoms with van der Waals surface area (Å²) < 4.78 is 10.6. The van der Waals surface area contributed by atoms with Gasteiger partial charge in [-0.3, -0.25) is 0 Å². The van der Waals surface area contributed by atoms with Crippen LogP contribution in [0.5, 0.6) is 0 Å². The van der Waals surface area contributed by atoms with Crippen molar-refractivity contribution in [3.63, 3.8) is 0 Å². The molecule has 18 heavy (non-hydrogen) atoms. The van der Waals surface area contributed by atoms with Gasteiger partial charge in [0.15, 0.2) is 0 Å². The molecule has 2 atom stereocenters.